The zero-order chi connectivity index (χ0) is 17.9. The Morgan fingerprint density at radius 3 is 2.38 bits per heavy atom. The molecular formula is C19H15BrN6. The molecule has 0 aliphatic carbocycles. The van der Waals surface area contributed by atoms with Crippen LogP contribution in [0.1, 0.15) is 0 Å². The normalized spacial score (nSPS) is 10.7. The highest BCUT2D eigenvalue weighted by Crippen LogP contribution is 2.31. The van der Waals surface area contributed by atoms with E-state index in [0.717, 1.165) is 20.9 Å². The number of hydrogen-bond donors (Lipinski definition) is 3. The average molecular weight is 407 g/mol. The maximum atomic E-state index is 6.27. The molecule has 128 valence electrons. The van der Waals surface area contributed by atoms with E-state index >= 15 is 0 Å². The molecule has 0 saturated carbocycles. The molecule has 2 aromatic carbocycles. The first-order valence-corrected chi connectivity index (χ1v) is 8.74. The van der Waals surface area contributed by atoms with Crippen LogP contribution in [0.5, 0.6) is 0 Å². The zero-order valence-electron chi connectivity index (χ0n) is 13.6. The molecule has 2 heterocycles. The second-order valence-corrected chi connectivity index (χ2v) is 6.54. The number of hydrogen-bond acceptors (Lipinski definition) is 6. The van der Waals surface area contributed by atoms with Crippen LogP contribution in [-0.2, 0) is 0 Å². The molecule has 0 spiro atoms. The van der Waals surface area contributed by atoms with E-state index in [1.54, 1.807) is 6.20 Å². The first kappa shape index (κ1) is 16.3. The van der Waals surface area contributed by atoms with Crippen molar-refractivity contribution in [1.29, 1.82) is 0 Å². The molecule has 0 amide bonds. The second-order valence-electron chi connectivity index (χ2n) is 5.62. The number of fused-ring (bicyclic) bond motifs is 1. The molecule has 4 aromatic rings. The Hall–Kier alpha value is -3.19. The number of nitrogen functional groups attached to an aromatic ring is 1. The highest BCUT2D eigenvalue weighted by atomic mass is 79.9. The van der Waals surface area contributed by atoms with Gasteiger partial charge in [0.1, 0.15) is 17.8 Å². The van der Waals surface area contributed by atoms with Gasteiger partial charge in [-0.15, -0.1) is 0 Å². The van der Waals surface area contributed by atoms with Crippen LogP contribution < -0.4 is 16.4 Å². The number of pyridine rings is 1. The third kappa shape index (κ3) is 3.29. The number of nitrogens with zero attached hydrogens (tertiary/aromatic N) is 3. The summed E-state index contributed by atoms with van der Waals surface area (Å²) in [4.78, 5) is 12.8. The number of benzene rings is 2. The van der Waals surface area contributed by atoms with E-state index in [2.05, 4.69) is 59.7 Å². The molecule has 0 unspecified atom stereocenters. The minimum atomic E-state index is 0.421. The molecule has 4 rings (SSSR count). The van der Waals surface area contributed by atoms with E-state index in [-0.39, 0.29) is 0 Å². The summed E-state index contributed by atoms with van der Waals surface area (Å²) in [5.74, 6) is 1.68. The fourth-order valence-electron chi connectivity index (χ4n) is 2.63. The van der Waals surface area contributed by atoms with Crippen LogP contribution in [0.15, 0.2) is 71.6 Å². The summed E-state index contributed by atoms with van der Waals surface area (Å²) in [6.07, 6.45) is 3.17. The number of nitrogens with one attached hydrogen (secondary N) is 2. The predicted octanol–water partition coefficient (Wildman–Crippen LogP) is 4.86. The van der Waals surface area contributed by atoms with E-state index in [9.17, 15) is 0 Å². The summed E-state index contributed by atoms with van der Waals surface area (Å²) in [6, 6.07) is 17.9. The topological polar surface area (TPSA) is 88.8 Å². The van der Waals surface area contributed by atoms with Gasteiger partial charge >= 0.3 is 0 Å². The Labute approximate surface area is 158 Å². The number of aromatic nitrogens is 3. The van der Waals surface area contributed by atoms with Gasteiger partial charge in [-0.3, -0.25) is 0 Å². The molecule has 4 N–H and O–H groups in total. The molecule has 2 aromatic heterocycles. The quantitative estimate of drug-likeness (QED) is 0.448. The van der Waals surface area contributed by atoms with Crippen molar-refractivity contribution >= 4 is 55.5 Å². The predicted molar refractivity (Wildman–Crippen MR) is 109 cm³/mol. The Balaban J connectivity index is 1.66. The van der Waals surface area contributed by atoms with Gasteiger partial charge in [0, 0.05) is 21.7 Å². The summed E-state index contributed by atoms with van der Waals surface area (Å²) >= 11 is 3.36. The first-order valence-electron chi connectivity index (χ1n) is 7.94. The summed E-state index contributed by atoms with van der Waals surface area (Å²) in [5.41, 5.74) is 7.62. The third-order valence-corrected chi connectivity index (χ3v) is 4.37. The highest BCUT2D eigenvalue weighted by molar-refractivity contribution is 9.10. The van der Waals surface area contributed by atoms with Gasteiger partial charge in [0.25, 0.3) is 0 Å². The van der Waals surface area contributed by atoms with Gasteiger partial charge in [0.05, 0.1) is 0 Å². The largest absolute Gasteiger partial charge is 0.393 e. The SMILES string of the molecule is Nc1c(Nc2ccc(Br)cn2)ncnc1Nc1cccc2ccccc12. The monoisotopic (exact) mass is 406 g/mol. The molecule has 7 heteroatoms. The average Bonchev–Trinajstić information content (AvgIpc) is 2.67. The summed E-state index contributed by atoms with van der Waals surface area (Å²) in [6.45, 7) is 0. The Morgan fingerprint density at radius 2 is 1.58 bits per heavy atom. The second kappa shape index (κ2) is 6.97. The van der Waals surface area contributed by atoms with Gasteiger partial charge in [0.2, 0.25) is 0 Å². The molecule has 0 fully saturated rings. The van der Waals surface area contributed by atoms with Crippen molar-refractivity contribution in [3.05, 3.63) is 71.6 Å². The van der Waals surface area contributed by atoms with Crippen LogP contribution in [-0.4, -0.2) is 15.0 Å². The fourth-order valence-corrected chi connectivity index (χ4v) is 2.86. The lowest BCUT2D eigenvalue weighted by Crippen LogP contribution is -2.06. The van der Waals surface area contributed by atoms with Crippen LogP contribution in [0.4, 0.5) is 28.8 Å². The minimum absolute atomic E-state index is 0.421. The van der Waals surface area contributed by atoms with Crippen molar-refractivity contribution in [2.45, 2.75) is 0 Å². The lowest BCUT2D eigenvalue weighted by molar-refractivity contribution is 1.16. The van der Waals surface area contributed by atoms with Gasteiger partial charge < -0.3 is 16.4 Å². The summed E-state index contributed by atoms with van der Waals surface area (Å²) in [7, 11) is 0. The van der Waals surface area contributed by atoms with E-state index in [1.807, 2.05) is 36.4 Å². The Bertz CT molecular complexity index is 1060. The number of halogens is 1. The Kier molecular flexibility index (Phi) is 4.37. The molecular weight excluding hydrogens is 392 g/mol. The number of rotatable bonds is 4. The smallest absolute Gasteiger partial charge is 0.160 e. The van der Waals surface area contributed by atoms with Gasteiger partial charge in [-0.05, 0) is 39.5 Å². The molecule has 0 radical (unpaired) electrons. The maximum absolute atomic E-state index is 6.27. The van der Waals surface area contributed by atoms with Gasteiger partial charge in [0.15, 0.2) is 11.6 Å². The van der Waals surface area contributed by atoms with Crippen molar-refractivity contribution in [3.8, 4) is 0 Å². The van der Waals surface area contributed by atoms with Crippen molar-refractivity contribution in [3.63, 3.8) is 0 Å². The van der Waals surface area contributed by atoms with Gasteiger partial charge in [-0.25, -0.2) is 15.0 Å². The van der Waals surface area contributed by atoms with Crippen LogP contribution in [0.25, 0.3) is 10.8 Å². The maximum Gasteiger partial charge on any atom is 0.160 e. The van der Waals surface area contributed by atoms with E-state index in [4.69, 9.17) is 5.73 Å². The van der Waals surface area contributed by atoms with E-state index < -0.39 is 0 Å². The molecule has 0 aliphatic heterocycles. The lowest BCUT2D eigenvalue weighted by atomic mass is 10.1. The molecule has 26 heavy (non-hydrogen) atoms. The molecule has 0 saturated heterocycles. The molecule has 0 aliphatic rings. The van der Waals surface area contributed by atoms with Crippen molar-refractivity contribution in [2.24, 2.45) is 0 Å². The van der Waals surface area contributed by atoms with Crippen LogP contribution in [0.3, 0.4) is 0 Å². The van der Waals surface area contributed by atoms with Gasteiger partial charge in [-0.1, -0.05) is 36.4 Å². The zero-order valence-corrected chi connectivity index (χ0v) is 15.2. The number of anilines is 5. The highest BCUT2D eigenvalue weighted by Gasteiger charge is 2.10. The third-order valence-electron chi connectivity index (χ3n) is 3.90. The molecule has 0 atom stereocenters. The van der Waals surface area contributed by atoms with Crippen molar-refractivity contribution < 1.29 is 0 Å². The van der Waals surface area contributed by atoms with Crippen molar-refractivity contribution in [1.82, 2.24) is 15.0 Å². The molecule has 0 bridgehead atoms. The minimum Gasteiger partial charge on any atom is -0.393 e. The molecule has 6 nitrogen and oxygen atoms in total. The van der Waals surface area contributed by atoms with E-state index in [1.165, 1.54) is 6.33 Å². The number of nitrogens with two attached hydrogens (primary N) is 1. The summed E-state index contributed by atoms with van der Waals surface area (Å²) in [5, 5.41) is 8.66. The standard InChI is InChI=1S/C19H15BrN6/c20-13-8-9-16(22-10-13)26-19-17(21)18(23-11-24-19)25-15-7-3-5-12-4-1-2-6-14(12)15/h1-11H,21H2,(H2,22,23,24,25,26). The van der Waals surface area contributed by atoms with Crippen LogP contribution in [0.2, 0.25) is 0 Å². The van der Waals surface area contributed by atoms with E-state index in [0.29, 0.717) is 23.1 Å². The van der Waals surface area contributed by atoms with Crippen molar-refractivity contribution in [2.75, 3.05) is 16.4 Å². The van der Waals surface area contributed by atoms with Crippen LogP contribution in [0, 0.1) is 0 Å². The first-order chi connectivity index (χ1) is 12.7. The summed E-state index contributed by atoms with van der Waals surface area (Å²) < 4.78 is 0.900. The fraction of sp³-hybridized carbons (Fsp3) is 0. The Morgan fingerprint density at radius 1 is 0.808 bits per heavy atom. The lowest BCUT2D eigenvalue weighted by Gasteiger charge is -2.13. The van der Waals surface area contributed by atoms with Gasteiger partial charge in [-0.2, -0.15) is 0 Å². The van der Waals surface area contributed by atoms with Crippen LogP contribution >= 0.6 is 15.9 Å².